The predicted molar refractivity (Wildman–Crippen MR) is 117 cm³/mol. The van der Waals surface area contributed by atoms with E-state index >= 15 is 0 Å². The summed E-state index contributed by atoms with van der Waals surface area (Å²) < 4.78 is 36.1. The van der Waals surface area contributed by atoms with Crippen molar-refractivity contribution >= 4 is 11.6 Å². The van der Waals surface area contributed by atoms with Gasteiger partial charge < -0.3 is 9.72 Å². The van der Waals surface area contributed by atoms with Gasteiger partial charge in [0.05, 0.1) is 30.1 Å². The number of aromatic amines is 1. The quantitative estimate of drug-likeness (QED) is 0.520. The van der Waals surface area contributed by atoms with Crippen LogP contribution in [0.1, 0.15) is 36.5 Å². The lowest BCUT2D eigenvalue weighted by atomic mass is 10.1. The number of nitriles is 1. The molecule has 1 aromatic carbocycles. The smallest absolute Gasteiger partial charge is 0.314 e. The van der Waals surface area contributed by atoms with Gasteiger partial charge in [0.1, 0.15) is 11.6 Å². The highest BCUT2D eigenvalue weighted by atomic mass is 35.5. The first-order valence-electron chi connectivity index (χ1n) is 9.66. The van der Waals surface area contributed by atoms with Gasteiger partial charge in [0, 0.05) is 17.6 Å². The average Bonchev–Trinajstić information content (AvgIpc) is 2.76. The highest BCUT2D eigenvalue weighted by Gasteiger charge is 2.39. The number of hydrogen-bond acceptors (Lipinski definition) is 6. The average molecular weight is 474 g/mol. The van der Waals surface area contributed by atoms with Crippen LogP contribution in [0.25, 0.3) is 0 Å². The Morgan fingerprint density at radius 3 is 2.67 bits per heavy atom. The van der Waals surface area contributed by atoms with Crippen LogP contribution in [0.15, 0.2) is 52.5 Å². The summed E-state index contributed by atoms with van der Waals surface area (Å²) in [5.74, 6) is -4.12. The molecule has 0 amide bonds. The molecule has 0 radical (unpaired) electrons. The molecule has 3 aromatic rings. The van der Waals surface area contributed by atoms with E-state index in [1.807, 2.05) is 13.0 Å². The van der Waals surface area contributed by atoms with Crippen LogP contribution in [-0.2, 0) is 18.9 Å². The molecular weight excluding hydrogens is 456 g/mol. The van der Waals surface area contributed by atoms with Gasteiger partial charge in [-0.05, 0) is 30.7 Å². The van der Waals surface area contributed by atoms with Gasteiger partial charge in [-0.2, -0.15) is 14.0 Å². The fourth-order valence-corrected chi connectivity index (χ4v) is 3.06. The van der Waals surface area contributed by atoms with Gasteiger partial charge in [0.25, 0.3) is 11.1 Å². The highest BCUT2D eigenvalue weighted by molar-refractivity contribution is 6.30. The minimum Gasteiger partial charge on any atom is -0.449 e. The van der Waals surface area contributed by atoms with E-state index in [0.29, 0.717) is 12.2 Å². The molecule has 0 aliphatic carbocycles. The van der Waals surface area contributed by atoms with E-state index in [4.69, 9.17) is 21.6 Å². The topological polar surface area (TPSA) is 114 Å². The molecule has 0 saturated heterocycles. The van der Waals surface area contributed by atoms with Gasteiger partial charge in [-0.15, -0.1) is 0 Å². The molecule has 8 nitrogen and oxygen atoms in total. The molecule has 0 saturated carbocycles. The summed E-state index contributed by atoms with van der Waals surface area (Å²) >= 11 is 5.96. The van der Waals surface area contributed by atoms with Gasteiger partial charge >= 0.3 is 5.92 Å². The molecule has 0 fully saturated rings. The summed E-state index contributed by atoms with van der Waals surface area (Å²) in [5.41, 5.74) is -2.74. The molecule has 0 aliphatic heterocycles. The molecule has 0 unspecified atom stereocenters. The Kier molecular flexibility index (Phi) is 6.74. The predicted octanol–water partition coefficient (Wildman–Crippen LogP) is 3.92. The third kappa shape index (κ3) is 4.99. The number of aryl methyl sites for hydroxylation is 1. The number of benzene rings is 1. The summed E-state index contributed by atoms with van der Waals surface area (Å²) in [6.45, 7) is 5.88. The normalized spacial score (nSPS) is 11.2. The summed E-state index contributed by atoms with van der Waals surface area (Å²) in [6.07, 6.45) is 2.70. The van der Waals surface area contributed by atoms with E-state index in [0.717, 1.165) is 17.8 Å². The Labute approximate surface area is 191 Å². The van der Waals surface area contributed by atoms with E-state index in [9.17, 15) is 18.4 Å². The number of rotatable bonds is 7. The van der Waals surface area contributed by atoms with Gasteiger partial charge in [-0.3, -0.25) is 14.2 Å². The first-order valence-corrected chi connectivity index (χ1v) is 10.0. The molecule has 0 atom stereocenters. The maximum atomic E-state index is 14.8. The van der Waals surface area contributed by atoms with E-state index < -0.39 is 34.1 Å². The van der Waals surface area contributed by atoms with E-state index in [2.05, 4.69) is 21.5 Å². The van der Waals surface area contributed by atoms with E-state index in [1.54, 1.807) is 0 Å². The minimum absolute atomic E-state index is 0.101. The van der Waals surface area contributed by atoms with Crippen LogP contribution in [-0.4, -0.2) is 19.5 Å². The second-order valence-corrected chi connectivity index (χ2v) is 7.57. The molecule has 2 heterocycles. The number of H-pyrrole nitrogens is 1. The zero-order chi connectivity index (χ0) is 24.3. The van der Waals surface area contributed by atoms with Crippen molar-refractivity contribution < 1.29 is 13.5 Å². The maximum Gasteiger partial charge on any atom is 0.314 e. The number of hydrogen-bond donors (Lipinski definition) is 1. The zero-order valence-corrected chi connectivity index (χ0v) is 18.4. The Morgan fingerprint density at radius 2 is 2.06 bits per heavy atom. The minimum atomic E-state index is -3.69. The summed E-state index contributed by atoms with van der Waals surface area (Å²) in [6, 6.07) is 5.71. The number of nitrogens with one attached hydrogen (secondary N) is 1. The summed E-state index contributed by atoms with van der Waals surface area (Å²) in [7, 11) is 0. The van der Waals surface area contributed by atoms with Crippen molar-refractivity contribution in [1.29, 1.82) is 5.26 Å². The van der Waals surface area contributed by atoms with Gasteiger partial charge in [0.2, 0.25) is 5.75 Å². The molecular formula is C22H18ClF2N5O3. The molecule has 0 bridgehead atoms. The molecule has 11 heteroatoms. The van der Waals surface area contributed by atoms with Crippen molar-refractivity contribution in [3.63, 3.8) is 0 Å². The van der Waals surface area contributed by atoms with Crippen LogP contribution in [0.5, 0.6) is 11.5 Å². The SMILES string of the molecule is C=C(C)C(F)(F)c1ncn(Cc2cnc(CC)[nH]c2=O)c(=O)c1Oc1cc(Cl)cc(C#N)c1. The van der Waals surface area contributed by atoms with E-state index in [1.165, 1.54) is 24.4 Å². The number of allylic oxidation sites excluding steroid dienone is 1. The molecule has 170 valence electrons. The number of alkyl halides is 2. The van der Waals surface area contributed by atoms with Crippen molar-refractivity contribution in [2.75, 3.05) is 0 Å². The molecule has 0 aliphatic rings. The molecule has 0 spiro atoms. The van der Waals surface area contributed by atoms with Gasteiger partial charge in [0.15, 0.2) is 5.69 Å². The lowest BCUT2D eigenvalue weighted by Gasteiger charge is -2.20. The molecule has 1 N–H and O–H groups in total. The molecule has 3 rings (SSSR count). The summed E-state index contributed by atoms with van der Waals surface area (Å²) in [5, 5.41) is 9.23. The number of nitrogens with zero attached hydrogens (tertiary/aromatic N) is 4. The van der Waals surface area contributed by atoms with Gasteiger partial charge in [-0.25, -0.2) is 9.97 Å². The third-order valence-corrected chi connectivity index (χ3v) is 4.87. The van der Waals surface area contributed by atoms with Gasteiger partial charge in [-0.1, -0.05) is 25.1 Å². The van der Waals surface area contributed by atoms with Crippen LogP contribution in [0.4, 0.5) is 8.78 Å². The van der Waals surface area contributed by atoms with Crippen molar-refractivity contribution in [3.05, 3.63) is 91.3 Å². The lowest BCUT2D eigenvalue weighted by molar-refractivity contribution is 0.0309. The fraction of sp³-hybridized carbons (Fsp3) is 0.227. The van der Waals surface area contributed by atoms with E-state index in [-0.39, 0.29) is 28.4 Å². The number of ether oxygens (including phenoxy) is 1. The summed E-state index contributed by atoms with van der Waals surface area (Å²) in [4.78, 5) is 35.8. The molecule has 2 aromatic heterocycles. The maximum absolute atomic E-state index is 14.8. The first-order chi connectivity index (χ1) is 15.6. The largest absolute Gasteiger partial charge is 0.449 e. The van der Waals surface area contributed by atoms with Crippen LogP contribution in [0, 0.1) is 11.3 Å². The Bertz CT molecular complexity index is 1390. The van der Waals surface area contributed by atoms with Crippen molar-refractivity contribution in [1.82, 2.24) is 19.5 Å². The van der Waals surface area contributed by atoms with Crippen molar-refractivity contribution in [3.8, 4) is 17.6 Å². The Hall–Kier alpha value is -3.84. The van der Waals surface area contributed by atoms with Crippen LogP contribution in [0.2, 0.25) is 5.02 Å². The van der Waals surface area contributed by atoms with Crippen LogP contribution in [0.3, 0.4) is 0 Å². The fourth-order valence-electron chi connectivity index (χ4n) is 2.84. The lowest BCUT2D eigenvalue weighted by Crippen LogP contribution is -2.30. The highest BCUT2D eigenvalue weighted by Crippen LogP contribution is 2.38. The first kappa shape index (κ1) is 23.8. The second-order valence-electron chi connectivity index (χ2n) is 7.14. The monoisotopic (exact) mass is 473 g/mol. The third-order valence-electron chi connectivity index (χ3n) is 4.65. The van der Waals surface area contributed by atoms with Crippen LogP contribution >= 0.6 is 11.6 Å². The van der Waals surface area contributed by atoms with Crippen molar-refractivity contribution in [2.24, 2.45) is 0 Å². The Balaban J connectivity index is 2.15. The second kappa shape index (κ2) is 9.34. The zero-order valence-electron chi connectivity index (χ0n) is 17.7. The Morgan fingerprint density at radius 1 is 1.33 bits per heavy atom. The molecule has 33 heavy (non-hydrogen) atoms. The number of halogens is 3. The number of aromatic nitrogens is 4. The van der Waals surface area contributed by atoms with Crippen LogP contribution < -0.4 is 15.9 Å². The van der Waals surface area contributed by atoms with Crippen molar-refractivity contribution in [2.45, 2.75) is 32.7 Å². The standard InChI is InChI=1S/C22H18ClF2N5O3/c1-4-17-27-9-14(20(31)29-17)10-30-11-28-19(22(24,25)12(2)3)18(21(30)32)33-16-6-13(8-26)5-15(23)7-16/h5-7,9,11H,2,4,10H2,1,3H3,(H,27,29,31).